The molecule has 0 saturated carbocycles. The van der Waals surface area contributed by atoms with E-state index in [4.69, 9.17) is 4.74 Å². The second-order valence-corrected chi connectivity index (χ2v) is 3.80. The van der Waals surface area contributed by atoms with Crippen LogP contribution in [0.15, 0.2) is 0 Å². The highest BCUT2D eigenvalue weighted by Crippen LogP contribution is 2.21. The zero-order valence-corrected chi connectivity index (χ0v) is 10.3. The standard InChI is InChI=1S/C11H20F3NO2/c1-3-7-15(9-10(16)17-4-2)8-5-6-11(12,13)14/h3-9H2,1-2H3. The van der Waals surface area contributed by atoms with E-state index in [1.54, 1.807) is 11.8 Å². The number of hydrogen-bond donors (Lipinski definition) is 0. The fourth-order valence-corrected chi connectivity index (χ4v) is 1.48. The minimum Gasteiger partial charge on any atom is -0.465 e. The van der Waals surface area contributed by atoms with Crippen LogP contribution in [0.5, 0.6) is 0 Å². The minimum absolute atomic E-state index is 0.0168. The largest absolute Gasteiger partial charge is 0.465 e. The van der Waals surface area contributed by atoms with E-state index in [0.29, 0.717) is 13.2 Å². The van der Waals surface area contributed by atoms with Crippen molar-refractivity contribution in [2.45, 2.75) is 39.3 Å². The maximum Gasteiger partial charge on any atom is 0.389 e. The quantitative estimate of drug-likeness (QED) is 0.624. The number of nitrogens with zero attached hydrogens (tertiary/aromatic N) is 1. The maximum absolute atomic E-state index is 12.0. The van der Waals surface area contributed by atoms with Crippen molar-refractivity contribution in [3.8, 4) is 0 Å². The monoisotopic (exact) mass is 255 g/mol. The first kappa shape index (κ1) is 16.2. The molecule has 0 rings (SSSR count). The molecule has 0 aliphatic rings. The van der Waals surface area contributed by atoms with Gasteiger partial charge in [0.2, 0.25) is 0 Å². The van der Waals surface area contributed by atoms with Crippen LogP contribution in [0.1, 0.15) is 33.1 Å². The number of alkyl halides is 3. The van der Waals surface area contributed by atoms with E-state index in [1.807, 2.05) is 6.92 Å². The van der Waals surface area contributed by atoms with Crippen LogP contribution >= 0.6 is 0 Å². The third-order valence-corrected chi connectivity index (χ3v) is 2.13. The molecule has 0 aromatic heterocycles. The van der Waals surface area contributed by atoms with Crippen LogP contribution < -0.4 is 0 Å². The van der Waals surface area contributed by atoms with Gasteiger partial charge >= 0.3 is 12.1 Å². The van der Waals surface area contributed by atoms with E-state index in [1.165, 1.54) is 0 Å². The molecule has 0 fully saturated rings. The highest BCUT2D eigenvalue weighted by Gasteiger charge is 2.26. The molecule has 0 heterocycles. The van der Waals surface area contributed by atoms with Gasteiger partial charge in [0.05, 0.1) is 13.2 Å². The summed E-state index contributed by atoms with van der Waals surface area (Å²) in [6, 6.07) is 0. The van der Waals surface area contributed by atoms with Crippen molar-refractivity contribution in [1.29, 1.82) is 0 Å². The molecule has 3 nitrogen and oxygen atoms in total. The average molecular weight is 255 g/mol. The fourth-order valence-electron chi connectivity index (χ4n) is 1.48. The van der Waals surface area contributed by atoms with E-state index < -0.39 is 12.6 Å². The number of hydrogen-bond acceptors (Lipinski definition) is 3. The molecule has 0 bridgehead atoms. The molecule has 0 aliphatic heterocycles. The lowest BCUT2D eigenvalue weighted by atomic mass is 10.2. The molecule has 0 aliphatic carbocycles. The minimum atomic E-state index is -4.12. The van der Waals surface area contributed by atoms with Crippen molar-refractivity contribution in [2.75, 3.05) is 26.2 Å². The van der Waals surface area contributed by atoms with Gasteiger partial charge in [-0.05, 0) is 32.9 Å². The number of esters is 1. The smallest absolute Gasteiger partial charge is 0.389 e. The molecule has 0 unspecified atom stereocenters. The summed E-state index contributed by atoms with van der Waals surface area (Å²) >= 11 is 0. The molecule has 0 aromatic rings. The van der Waals surface area contributed by atoms with Gasteiger partial charge in [-0.15, -0.1) is 0 Å². The number of rotatable bonds is 8. The molecular weight excluding hydrogens is 235 g/mol. The van der Waals surface area contributed by atoms with Gasteiger partial charge in [-0.1, -0.05) is 6.92 Å². The lowest BCUT2D eigenvalue weighted by Gasteiger charge is -2.20. The zero-order chi connectivity index (χ0) is 13.3. The van der Waals surface area contributed by atoms with Crippen molar-refractivity contribution in [3.63, 3.8) is 0 Å². The molecule has 0 amide bonds. The van der Waals surface area contributed by atoms with Crippen molar-refractivity contribution in [2.24, 2.45) is 0 Å². The summed E-state index contributed by atoms with van der Waals surface area (Å²) in [5.74, 6) is -0.382. The van der Waals surface area contributed by atoms with Gasteiger partial charge < -0.3 is 4.74 Å². The highest BCUT2D eigenvalue weighted by molar-refractivity contribution is 5.71. The first-order valence-electron chi connectivity index (χ1n) is 5.83. The van der Waals surface area contributed by atoms with Crippen molar-refractivity contribution in [3.05, 3.63) is 0 Å². The summed E-state index contributed by atoms with van der Waals surface area (Å²) in [6.07, 6.45) is -4.12. The third-order valence-electron chi connectivity index (χ3n) is 2.13. The molecular formula is C11H20F3NO2. The lowest BCUT2D eigenvalue weighted by molar-refractivity contribution is -0.144. The summed E-state index contributed by atoms with van der Waals surface area (Å²) in [4.78, 5) is 12.9. The Morgan fingerprint density at radius 3 is 2.35 bits per heavy atom. The molecule has 17 heavy (non-hydrogen) atoms. The summed E-state index contributed by atoms with van der Waals surface area (Å²) in [6.45, 7) is 4.86. The van der Waals surface area contributed by atoms with Gasteiger partial charge in [-0.2, -0.15) is 13.2 Å². The van der Waals surface area contributed by atoms with E-state index >= 15 is 0 Å². The molecule has 0 radical (unpaired) electrons. The SMILES string of the molecule is CCCN(CCCC(F)(F)F)CC(=O)OCC. The van der Waals surface area contributed by atoms with E-state index in [2.05, 4.69) is 0 Å². The molecule has 0 aromatic carbocycles. The van der Waals surface area contributed by atoms with Crippen LogP contribution in [-0.4, -0.2) is 43.3 Å². The van der Waals surface area contributed by atoms with Crippen LogP contribution in [-0.2, 0) is 9.53 Å². The third kappa shape index (κ3) is 10.1. The van der Waals surface area contributed by atoms with E-state index in [0.717, 1.165) is 6.42 Å². The Kier molecular flexibility index (Phi) is 7.95. The van der Waals surface area contributed by atoms with Gasteiger partial charge in [0.1, 0.15) is 0 Å². The summed E-state index contributed by atoms with van der Waals surface area (Å²) in [5.41, 5.74) is 0. The molecule has 0 atom stereocenters. The van der Waals surface area contributed by atoms with Crippen LogP contribution in [0, 0.1) is 0 Å². The summed E-state index contributed by atoms with van der Waals surface area (Å²) in [7, 11) is 0. The van der Waals surface area contributed by atoms with Gasteiger partial charge in [-0.25, -0.2) is 0 Å². The summed E-state index contributed by atoms with van der Waals surface area (Å²) in [5, 5.41) is 0. The average Bonchev–Trinajstić information content (AvgIpc) is 2.16. The van der Waals surface area contributed by atoms with Crippen LogP contribution in [0.25, 0.3) is 0 Å². The lowest BCUT2D eigenvalue weighted by Crippen LogP contribution is -2.33. The Labute approximate surface area is 99.9 Å². The first-order valence-corrected chi connectivity index (χ1v) is 5.83. The van der Waals surface area contributed by atoms with Crippen molar-refractivity contribution >= 4 is 5.97 Å². The predicted molar refractivity (Wildman–Crippen MR) is 58.7 cm³/mol. The van der Waals surface area contributed by atoms with Crippen LogP contribution in [0.3, 0.4) is 0 Å². The number of carbonyl (C=O) groups is 1. The Hall–Kier alpha value is -0.780. The Morgan fingerprint density at radius 2 is 1.88 bits per heavy atom. The number of carbonyl (C=O) groups excluding carboxylic acids is 1. The molecule has 0 spiro atoms. The van der Waals surface area contributed by atoms with Gasteiger partial charge in [0.15, 0.2) is 0 Å². The summed E-state index contributed by atoms with van der Waals surface area (Å²) < 4.78 is 40.7. The first-order chi connectivity index (χ1) is 7.89. The van der Waals surface area contributed by atoms with Crippen LogP contribution in [0.2, 0.25) is 0 Å². The van der Waals surface area contributed by atoms with E-state index in [-0.39, 0.29) is 25.5 Å². The van der Waals surface area contributed by atoms with E-state index in [9.17, 15) is 18.0 Å². The molecule has 0 saturated heterocycles. The predicted octanol–water partition coefficient (Wildman–Crippen LogP) is 2.60. The van der Waals surface area contributed by atoms with Crippen molar-refractivity contribution in [1.82, 2.24) is 4.90 Å². The highest BCUT2D eigenvalue weighted by atomic mass is 19.4. The maximum atomic E-state index is 12.0. The topological polar surface area (TPSA) is 29.5 Å². The normalized spacial score (nSPS) is 11.9. The molecule has 0 N–H and O–H groups in total. The Morgan fingerprint density at radius 1 is 1.24 bits per heavy atom. The van der Waals surface area contributed by atoms with Gasteiger partial charge in [0, 0.05) is 6.42 Å². The van der Waals surface area contributed by atoms with Gasteiger partial charge in [0.25, 0.3) is 0 Å². The second-order valence-electron chi connectivity index (χ2n) is 3.80. The number of ether oxygens (including phenoxy) is 1. The number of halogens is 3. The van der Waals surface area contributed by atoms with Gasteiger partial charge in [-0.3, -0.25) is 9.69 Å². The fraction of sp³-hybridized carbons (Fsp3) is 0.909. The second kappa shape index (κ2) is 8.33. The zero-order valence-electron chi connectivity index (χ0n) is 10.3. The molecule has 6 heteroatoms. The molecule has 102 valence electrons. The van der Waals surface area contributed by atoms with Crippen LogP contribution in [0.4, 0.5) is 13.2 Å². The Balaban J connectivity index is 3.93. The Bertz CT molecular complexity index is 219. The van der Waals surface area contributed by atoms with Crippen molar-refractivity contribution < 1.29 is 22.7 Å².